The number of ether oxygens (including phenoxy) is 1. The summed E-state index contributed by atoms with van der Waals surface area (Å²) in [6, 6.07) is 13.4. The molecule has 0 saturated heterocycles. The molecule has 1 unspecified atom stereocenters. The van der Waals surface area contributed by atoms with Crippen LogP contribution >= 0.6 is 0 Å². The third-order valence-corrected chi connectivity index (χ3v) is 3.44. The molecule has 0 heterocycles. The van der Waals surface area contributed by atoms with Crippen LogP contribution in [-0.2, 0) is 14.3 Å². The van der Waals surface area contributed by atoms with E-state index in [0.717, 1.165) is 16.3 Å². The average Bonchev–Trinajstić information content (AvgIpc) is 2.51. The molecule has 126 valence electrons. The SMILES string of the molecule is CC(C)OC(=O)C(O)(/C=C/c1ccc2ccccc2c1)CC(=O)O. The van der Waals surface area contributed by atoms with Crippen molar-refractivity contribution < 1.29 is 24.5 Å². The Morgan fingerprint density at radius 2 is 1.83 bits per heavy atom. The van der Waals surface area contributed by atoms with E-state index in [-0.39, 0.29) is 0 Å². The van der Waals surface area contributed by atoms with Gasteiger partial charge in [-0.15, -0.1) is 0 Å². The quantitative estimate of drug-likeness (QED) is 0.796. The van der Waals surface area contributed by atoms with Gasteiger partial charge in [0.05, 0.1) is 12.5 Å². The molecular formula is C19H20O5. The Bertz CT molecular complexity index is 778. The van der Waals surface area contributed by atoms with Crippen molar-refractivity contribution in [2.75, 3.05) is 0 Å². The fourth-order valence-electron chi connectivity index (χ4n) is 2.29. The normalized spacial score (nSPS) is 14.0. The van der Waals surface area contributed by atoms with Crippen molar-refractivity contribution >= 4 is 28.8 Å². The largest absolute Gasteiger partial charge is 0.481 e. The highest BCUT2D eigenvalue weighted by Gasteiger charge is 2.38. The maximum atomic E-state index is 12.1. The third-order valence-electron chi connectivity index (χ3n) is 3.44. The molecule has 2 N–H and O–H groups in total. The van der Waals surface area contributed by atoms with Gasteiger partial charge in [0.1, 0.15) is 0 Å². The van der Waals surface area contributed by atoms with Gasteiger partial charge < -0.3 is 14.9 Å². The van der Waals surface area contributed by atoms with Crippen LogP contribution in [0.4, 0.5) is 0 Å². The Hall–Kier alpha value is -2.66. The maximum absolute atomic E-state index is 12.1. The lowest BCUT2D eigenvalue weighted by molar-refractivity contribution is -0.169. The first-order chi connectivity index (χ1) is 11.3. The molecule has 1 atom stereocenters. The van der Waals surface area contributed by atoms with Crippen LogP contribution in [-0.4, -0.2) is 33.9 Å². The summed E-state index contributed by atoms with van der Waals surface area (Å²) in [7, 11) is 0. The van der Waals surface area contributed by atoms with Crippen LogP contribution in [0.5, 0.6) is 0 Å². The Labute approximate surface area is 140 Å². The van der Waals surface area contributed by atoms with E-state index in [0.29, 0.717) is 0 Å². The highest BCUT2D eigenvalue weighted by Crippen LogP contribution is 2.21. The number of hydrogen-bond donors (Lipinski definition) is 2. The van der Waals surface area contributed by atoms with Crippen LogP contribution in [0.1, 0.15) is 25.8 Å². The van der Waals surface area contributed by atoms with Gasteiger partial charge in [-0.1, -0.05) is 42.5 Å². The summed E-state index contributed by atoms with van der Waals surface area (Å²) in [5.41, 5.74) is -1.46. The monoisotopic (exact) mass is 328 g/mol. The minimum atomic E-state index is -2.21. The van der Waals surface area contributed by atoms with Gasteiger partial charge in [0.2, 0.25) is 0 Å². The predicted octanol–water partition coefficient (Wildman–Crippen LogP) is 3.01. The molecule has 0 saturated carbocycles. The summed E-state index contributed by atoms with van der Waals surface area (Å²) < 4.78 is 4.97. The lowest BCUT2D eigenvalue weighted by Gasteiger charge is -2.22. The number of hydrogen-bond acceptors (Lipinski definition) is 4. The first kappa shape index (κ1) is 17.7. The molecule has 24 heavy (non-hydrogen) atoms. The van der Waals surface area contributed by atoms with Crippen LogP contribution in [0.25, 0.3) is 16.8 Å². The third kappa shape index (κ3) is 4.43. The minimum absolute atomic E-state index is 0.452. The number of carbonyl (C=O) groups is 2. The van der Waals surface area contributed by atoms with Crippen molar-refractivity contribution in [3.8, 4) is 0 Å². The summed E-state index contributed by atoms with van der Waals surface area (Å²) in [6.07, 6.45) is 1.49. The Morgan fingerprint density at radius 1 is 1.17 bits per heavy atom. The molecule has 0 aliphatic heterocycles. The zero-order chi connectivity index (χ0) is 17.7. The predicted molar refractivity (Wildman–Crippen MR) is 91.4 cm³/mol. The average molecular weight is 328 g/mol. The summed E-state index contributed by atoms with van der Waals surface area (Å²) in [4.78, 5) is 23.0. The van der Waals surface area contributed by atoms with Gasteiger partial charge in [0.15, 0.2) is 5.60 Å². The Morgan fingerprint density at radius 3 is 2.46 bits per heavy atom. The highest BCUT2D eigenvalue weighted by molar-refractivity contribution is 5.89. The van der Waals surface area contributed by atoms with Crippen LogP contribution in [0.2, 0.25) is 0 Å². The van der Waals surface area contributed by atoms with Crippen molar-refractivity contribution in [3.63, 3.8) is 0 Å². The van der Waals surface area contributed by atoms with E-state index in [1.165, 1.54) is 12.2 Å². The van der Waals surface area contributed by atoms with Crippen LogP contribution in [0.15, 0.2) is 48.5 Å². The number of rotatable bonds is 6. The molecule has 0 aliphatic rings. The van der Waals surface area contributed by atoms with Crippen LogP contribution < -0.4 is 0 Å². The molecule has 0 radical (unpaired) electrons. The fourth-order valence-corrected chi connectivity index (χ4v) is 2.29. The number of carbonyl (C=O) groups excluding carboxylic acids is 1. The number of aliphatic carboxylic acids is 1. The molecular weight excluding hydrogens is 308 g/mol. The molecule has 2 aromatic carbocycles. The van der Waals surface area contributed by atoms with Crippen molar-refractivity contribution in [3.05, 3.63) is 54.1 Å². The number of aliphatic hydroxyl groups is 1. The van der Waals surface area contributed by atoms with Crippen molar-refractivity contribution in [2.45, 2.75) is 32.0 Å². The number of carboxylic acid groups (broad SMARTS) is 1. The molecule has 0 aromatic heterocycles. The Balaban J connectivity index is 2.30. The number of carboxylic acids is 1. The summed E-state index contributed by atoms with van der Waals surface area (Å²) >= 11 is 0. The Kier molecular flexibility index (Phi) is 5.36. The molecule has 5 heteroatoms. The second-order valence-electron chi connectivity index (χ2n) is 5.89. The summed E-state index contributed by atoms with van der Waals surface area (Å²) in [5.74, 6) is -2.27. The van der Waals surface area contributed by atoms with Crippen LogP contribution in [0.3, 0.4) is 0 Å². The van der Waals surface area contributed by atoms with Gasteiger partial charge in [0, 0.05) is 0 Å². The molecule has 0 bridgehead atoms. The van der Waals surface area contributed by atoms with Gasteiger partial charge >= 0.3 is 11.9 Å². The molecule has 0 spiro atoms. The van der Waals surface area contributed by atoms with Crippen molar-refractivity contribution in [1.82, 2.24) is 0 Å². The second kappa shape index (κ2) is 7.27. The van der Waals surface area contributed by atoms with E-state index < -0.39 is 30.1 Å². The minimum Gasteiger partial charge on any atom is -0.481 e. The van der Waals surface area contributed by atoms with E-state index in [2.05, 4.69) is 0 Å². The maximum Gasteiger partial charge on any atom is 0.343 e. The molecule has 2 aromatic rings. The van der Waals surface area contributed by atoms with Gasteiger partial charge in [0.25, 0.3) is 0 Å². The zero-order valence-corrected chi connectivity index (χ0v) is 13.6. The molecule has 5 nitrogen and oxygen atoms in total. The van der Waals surface area contributed by atoms with Gasteiger partial charge in [-0.05, 0) is 42.3 Å². The van der Waals surface area contributed by atoms with Crippen molar-refractivity contribution in [1.29, 1.82) is 0 Å². The lowest BCUT2D eigenvalue weighted by atomic mass is 9.97. The number of esters is 1. The van der Waals surface area contributed by atoms with Crippen molar-refractivity contribution in [2.24, 2.45) is 0 Å². The van der Waals surface area contributed by atoms with Gasteiger partial charge in [-0.3, -0.25) is 4.79 Å². The molecule has 0 aliphatic carbocycles. The fraction of sp³-hybridized carbons (Fsp3) is 0.263. The molecule has 0 fully saturated rings. The summed E-state index contributed by atoms with van der Waals surface area (Å²) in [5, 5.41) is 21.5. The van der Waals surface area contributed by atoms with E-state index >= 15 is 0 Å². The van der Waals surface area contributed by atoms with E-state index in [1.54, 1.807) is 13.8 Å². The molecule has 2 rings (SSSR count). The van der Waals surface area contributed by atoms with Gasteiger partial charge in [-0.25, -0.2) is 4.79 Å². The smallest absolute Gasteiger partial charge is 0.343 e. The first-order valence-electron chi connectivity index (χ1n) is 7.63. The van der Waals surface area contributed by atoms with E-state index in [1.807, 2.05) is 42.5 Å². The molecule has 0 amide bonds. The highest BCUT2D eigenvalue weighted by atomic mass is 16.6. The van der Waals surface area contributed by atoms with Crippen LogP contribution in [0, 0.1) is 0 Å². The topological polar surface area (TPSA) is 83.8 Å². The standard InChI is InChI=1S/C19H20O5/c1-13(2)24-18(22)19(23,12-17(20)21)10-9-14-7-8-15-5-3-4-6-16(15)11-14/h3-11,13,23H,12H2,1-2H3,(H,20,21)/b10-9+. The lowest BCUT2D eigenvalue weighted by Crippen LogP contribution is -2.41. The zero-order valence-electron chi connectivity index (χ0n) is 13.6. The van der Waals surface area contributed by atoms with Gasteiger partial charge in [-0.2, -0.15) is 0 Å². The number of fused-ring (bicyclic) bond motifs is 1. The summed E-state index contributed by atoms with van der Waals surface area (Å²) in [6.45, 7) is 3.26. The first-order valence-corrected chi connectivity index (χ1v) is 7.63. The van der Waals surface area contributed by atoms with E-state index in [9.17, 15) is 14.7 Å². The second-order valence-corrected chi connectivity index (χ2v) is 5.89. The number of benzene rings is 2. The van der Waals surface area contributed by atoms with E-state index in [4.69, 9.17) is 9.84 Å².